The Bertz CT molecular complexity index is 530. The SMILES string of the molecule is COc1cc(CNC(=O)C(C)(C)C)ccc1OC[C@@H]1CCCO1. The molecule has 1 N–H and O–H groups in total. The van der Waals surface area contributed by atoms with Crippen LogP contribution in [0, 0.1) is 5.41 Å². The van der Waals surface area contributed by atoms with Crippen LogP contribution < -0.4 is 14.8 Å². The Kier molecular flexibility index (Phi) is 5.88. The molecule has 0 aliphatic carbocycles. The number of benzene rings is 1. The third-order valence-electron chi connectivity index (χ3n) is 3.81. The summed E-state index contributed by atoms with van der Waals surface area (Å²) >= 11 is 0. The van der Waals surface area contributed by atoms with Gasteiger partial charge in [0.15, 0.2) is 11.5 Å². The molecular weight excluding hydrogens is 294 g/mol. The Labute approximate surface area is 138 Å². The zero-order valence-electron chi connectivity index (χ0n) is 14.5. The first-order chi connectivity index (χ1) is 10.9. The van der Waals surface area contributed by atoms with Crippen molar-refractivity contribution >= 4 is 5.91 Å². The highest BCUT2D eigenvalue weighted by Crippen LogP contribution is 2.29. The van der Waals surface area contributed by atoms with E-state index in [1.807, 2.05) is 39.0 Å². The highest BCUT2D eigenvalue weighted by molar-refractivity contribution is 5.81. The van der Waals surface area contributed by atoms with Crippen LogP contribution in [-0.2, 0) is 16.1 Å². The van der Waals surface area contributed by atoms with Gasteiger partial charge in [-0.2, -0.15) is 0 Å². The average Bonchev–Trinajstić information content (AvgIpc) is 3.03. The summed E-state index contributed by atoms with van der Waals surface area (Å²) in [6.45, 7) is 7.51. The molecule has 1 aliphatic rings. The van der Waals surface area contributed by atoms with Crippen molar-refractivity contribution in [3.05, 3.63) is 23.8 Å². The maximum Gasteiger partial charge on any atom is 0.225 e. The molecule has 23 heavy (non-hydrogen) atoms. The summed E-state index contributed by atoms with van der Waals surface area (Å²) in [5.74, 6) is 1.40. The second-order valence-electron chi connectivity index (χ2n) is 6.86. The summed E-state index contributed by atoms with van der Waals surface area (Å²) in [6, 6.07) is 5.72. The van der Waals surface area contributed by atoms with Gasteiger partial charge in [0.25, 0.3) is 0 Å². The molecule has 1 amide bonds. The molecule has 0 saturated carbocycles. The molecule has 1 aromatic carbocycles. The minimum Gasteiger partial charge on any atom is -0.493 e. The molecule has 1 aliphatic heterocycles. The van der Waals surface area contributed by atoms with Gasteiger partial charge in [-0.1, -0.05) is 26.8 Å². The molecule has 5 heteroatoms. The number of carbonyl (C=O) groups is 1. The number of ether oxygens (including phenoxy) is 3. The summed E-state index contributed by atoms with van der Waals surface area (Å²) in [7, 11) is 1.62. The predicted octanol–water partition coefficient (Wildman–Crippen LogP) is 2.92. The van der Waals surface area contributed by atoms with E-state index in [0.717, 1.165) is 25.0 Å². The summed E-state index contributed by atoms with van der Waals surface area (Å²) in [6.07, 6.45) is 2.31. The number of methoxy groups -OCH3 is 1. The van der Waals surface area contributed by atoms with Crippen LogP contribution in [-0.4, -0.2) is 32.3 Å². The van der Waals surface area contributed by atoms with Gasteiger partial charge in [-0.25, -0.2) is 0 Å². The Morgan fingerprint density at radius 3 is 2.74 bits per heavy atom. The molecule has 2 rings (SSSR count). The van der Waals surface area contributed by atoms with Crippen LogP contribution >= 0.6 is 0 Å². The highest BCUT2D eigenvalue weighted by atomic mass is 16.5. The van der Waals surface area contributed by atoms with Crippen LogP contribution in [0.5, 0.6) is 11.5 Å². The van der Waals surface area contributed by atoms with Crippen LogP contribution in [0.4, 0.5) is 0 Å². The molecule has 1 heterocycles. The lowest BCUT2D eigenvalue weighted by Crippen LogP contribution is -2.34. The normalized spacial score (nSPS) is 17.8. The van der Waals surface area contributed by atoms with Crippen molar-refractivity contribution in [1.82, 2.24) is 5.32 Å². The van der Waals surface area contributed by atoms with Crippen molar-refractivity contribution in [1.29, 1.82) is 0 Å². The van der Waals surface area contributed by atoms with Crippen molar-refractivity contribution in [2.24, 2.45) is 5.41 Å². The van der Waals surface area contributed by atoms with Gasteiger partial charge in [0, 0.05) is 18.6 Å². The molecule has 0 radical (unpaired) electrons. The number of nitrogens with one attached hydrogen (secondary N) is 1. The zero-order chi connectivity index (χ0) is 16.9. The van der Waals surface area contributed by atoms with Crippen molar-refractivity contribution in [3.63, 3.8) is 0 Å². The van der Waals surface area contributed by atoms with Crippen LogP contribution in [0.25, 0.3) is 0 Å². The molecule has 0 aromatic heterocycles. The van der Waals surface area contributed by atoms with Crippen molar-refractivity contribution in [2.75, 3.05) is 20.3 Å². The summed E-state index contributed by atoms with van der Waals surface area (Å²) in [5, 5.41) is 2.93. The van der Waals surface area contributed by atoms with Crippen LogP contribution in [0.15, 0.2) is 18.2 Å². The fraction of sp³-hybridized carbons (Fsp3) is 0.611. The summed E-state index contributed by atoms with van der Waals surface area (Å²) in [5.41, 5.74) is 0.581. The molecular formula is C18H27NO4. The third kappa shape index (κ3) is 5.13. The van der Waals surface area contributed by atoms with E-state index < -0.39 is 5.41 Å². The minimum absolute atomic E-state index is 0.0233. The van der Waals surface area contributed by atoms with Gasteiger partial charge >= 0.3 is 0 Å². The fourth-order valence-corrected chi connectivity index (χ4v) is 2.35. The lowest BCUT2D eigenvalue weighted by molar-refractivity contribution is -0.128. The van der Waals surface area contributed by atoms with Gasteiger partial charge < -0.3 is 19.5 Å². The first-order valence-corrected chi connectivity index (χ1v) is 8.10. The standard InChI is InChI=1S/C18H27NO4/c1-18(2,3)17(20)19-11-13-7-8-15(16(10-13)21-4)23-12-14-6-5-9-22-14/h7-8,10,14H,5-6,9,11-12H2,1-4H3,(H,19,20)/t14-/m0/s1. The maximum atomic E-state index is 11.9. The molecule has 0 bridgehead atoms. The van der Waals surface area contributed by atoms with Crippen molar-refractivity contribution in [3.8, 4) is 11.5 Å². The smallest absolute Gasteiger partial charge is 0.225 e. The quantitative estimate of drug-likeness (QED) is 0.875. The van der Waals surface area contributed by atoms with E-state index >= 15 is 0 Å². The molecule has 1 atom stereocenters. The van der Waals surface area contributed by atoms with Crippen LogP contribution in [0.3, 0.4) is 0 Å². The maximum absolute atomic E-state index is 11.9. The Hall–Kier alpha value is -1.75. The zero-order valence-corrected chi connectivity index (χ0v) is 14.5. The minimum atomic E-state index is -0.394. The van der Waals surface area contributed by atoms with E-state index in [4.69, 9.17) is 14.2 Å². The van der Waals surface area contributed by atoms with Gasteiger partial charge in [-0.3, -0.25) is 4.79 Å². The van der Waals surface area contributed by atoms with Crippen molar-refractivity contribution in [2.45, 2.75) is 46.3 Å². The van der Waals surface area contributed by atoms with E-state index in [9.17, 15) is 4.79 Å². The molecule has 0 unspecified atom stereocenters. The van der Waals surface area contributed by atoms with E-state index in [-0.39, 0.29) is 12.0 Å². The average molecular weight is 321 g/mol. The van der Waals surface area contributed by atoms with Gasteiger partial charge in [-0.05, 0) is 30.5 Å². The van der Waals surface area contributed by atoms with Gasteiger partial charge in [0.1, 0.15) is 6.61 Å². The monoisotopic (exact) mass is 321 g/mol. The summed E-state index contributed by atoms with van der Waals surface area (Å²) in [4.78, 5) is 11.9. The second kappa shape index (κ2) is 7.68. The first kappa shape index (κ1) is 17.6. The molecule has 1 fully saturated rings. The second-order valence-corrected chi connectivity index (χ2v) is 6.86. The van der Waals surface area contributed by atoms with E-state index in [1.165, 1.54) is 0 Å². The Morgan fingerprint density at radius 1 is 1.35 bits per heavy atom. The topological polar surface area (TPSA) is 56.8 Å². The molecule has 1 saturated heterocycles. The number of hydrogen-bond donors (Lipinski definition) is 1. The Morgan fingerprint density at radius 2 is 2.13 bits per heavy atom. The van der Waals surface area contributed by atoms with Gasteiger partial charge in [0.2, 0.25) is 5.91 Å². The number of carbonyl (C=O) groups excluding carboxylic acids is 1. The molecule has 1 aromatic rings. The van der Waals surface area contributed by atoms with Crippen molar-refractivity contribution < 1.29 is 19.0 Å². The lowest BCUT2D eigenvalue weighted by Gasteiger charge is -2.18. The number of amides is 1. The van der Waals surface area contributed by atoms with Gasteiger partial charge in [-0.15, -0.1) is 0 Å². The Balaban J connectivity index is 1.94. The fourth-order valence-electron chi connectivity index (χ4n) is 2.35. The largest absolute Gasteiger partial charge is 0.493 e. The predicted molar refractivity (Wildman–Crippen MR) is 88.8 cm³/mol. The van der Waals surface area contributed by atoms with E-state index in [0.29, 0.717) is 24.7 Å². The number of rotatable bonds is 6. The lowest BCUT2D eigenvalue weighted by atomic mass is 9.95. The summed E-state index contributed by atoms with van der Waals surface area (Å²) < 4.78 is 16.8. The van der Waals surface area contributed by atoms with Crippen LogP contribution in [0.2, 0.25) is 0 Å². The van der Waals surface area contributed by atoms with Gasteiger partial charge in [0.05, 0.1) is 13.2 Å². The third-order valence-corrected chi connectivity index (χ3v) is 3.81. The molecule has 5 nitrogen and oxygen atoms in total. The molecule has 0 spiro atoms. The molecule has 128 valence electrons. The van der Waals surface area contributed by atoms with E-state index in [1.54, 1.807) is 7.11 Å². The van der Waals surface area contributed by atoms with Crippen LogP contribution in [0.1, 0.15) is 39.2 Å². The number of hydrogen-bond acceptors (Lipinski definition) is 4. The first-order valence-electron chi connectivity index (χ1n) is 8.10. The highest BCUT2D eigenvalue weighted by Gasteiger charge is 2.21. The van der Waals surface area contributed by atoms with E-state index in [2.05, 4.69) is 5.32 Å².